The Hall–Kier alpha value is -1.46. The zero-order valence-corrected chi connectivity index (χ0v) is 9.69. The number of rotatable bonds is 6. The third-order valence-electron chi connectivity index (χ3n) is 2.25. The first-order valence-electron chi connectivity index (χ1n) is 5.12. The maximum absolute atomic E-state index is 5.70. The lowest BCUT2D eigenvalue weighted by molar-refractivity contribution is 0.355. The number of hydrogen-bond donors (Lipinski definition) is 3. The van der Waals surface area contributed by atoms with Crippen molar-refractivity contribution in [3.8, 4) is 11.5 Å². The first-order chi connectivity index (χ1) is 7.71. The fourth-order valence-electron chi connectivity index (χ4n) is 1.28. The summed E-state index contributed by atoms with van der Waals surface area (Å²) in [5, 5.41) is 3.18. The Bertz CT molecular complexity index is 331. The molecule has 0 spiro atoms. The maximum Gasteiger partial charge on any atom is 0.162 e. The van der Waals surface area contributed by atoms with E-state index in [1.165, 1.54) is 0 Å². The predicted molar refractivity (Wildman–Crippen MR) is 65.1 cm³/mol. The molecule has 1 aromatic carbocycles. The average Bonchev–Trinajstić information content (AvgIpc) is 2.35. The average molecular weight is 225 g/mol. The molecule has 1 rings (SSSR count). The molecule has 0 bridgehead atoms. The number of benzene rings is 1. The third kappa shape index (κ3) is 3.29. The fraction of sp³-hybridized carbons (Fsp3) is 0.455. The van der Waals surface area contributed by atoms with Crippen molar-refractivity contribution in [1.82, 2.24) is 0 Å². The molecule has 1 unspecified atom stereocenters. The lowest BCUT2D eigenvalue weighted by Gasteiger charge is -2.13. The van der Waals surface area contributed by atoms with Gasteiger partial charge in [0.25, 0.3) is 0 Å². The quantitative estimate of drug-likeness (QED) is 0.653. The van der Waals surface area contributed by atoms with E-state index in [0.29, 0.717) is 24.6 Å². The minimum Gasteiger partial charge on any atom is -0.493 e. The molecular formula is C11H19N3O2. The van der Waals surface area contributed by atoms with Gasteiger partial charge in [-0.3, -0.25) is 0 Å². The van der Waals surface area contributed by atoms with Gasteiger partial charge in [0.15, 0.2) is 11.5 Å². The van der Waals surface area contributed by atoms with E-state index in [1.54, 1.807) is 14.2 Å². The highest BCUT2D eigenvalue weighted by Gasteiger charge is 2.05. The van der Waals surface area contributed by atoms with Crippen LogP contribution in [0.4, 0.5) is 5.69 Å². The molecule has 0 fully saturated rings. The van der Waals surface area contributed by atoms with Gasteiger partial charge in [-0.05, 0) is 12.1 Å². The van der Waals surface area contributed by atoms with E-state index in [9.17, 15) is 0 Å². The number of anilines is 1. The Morgan fingerprint density at radius 2 is 1.94 bits per heavy atom. The summed E-state index contributed by atoms with van der Waals surface area (Å²) >= 11 is 0. The van der Waals surface area contributed by atoms with Crippen LogP contribution in [0.5, 0.6) is 11.5 Å². The smallest absolute Gasteiger partial charge is 0.162 e. The highest BCUT2D eigenvalue weighted by atomic mass is 16.5. The molecule has 0 saturated heterocycles. The summed E-state index contributed by atoms with van der Waals surface area (Å²) in [4.78, 5) is 0. The van der Waals surface area contributed by atoms with Crippen molar-refractivity contribution < 1.29 is 9.47 Å². The van der Waals surface area contributed by atoms with Crippen molar-refractivity contribution in [3.05, 3.63) is 18.2 Å². The molecule has 5 nitrogen and oxygen atoms in total. The summed E-state index contributed by atoms with van der Waals surface area (Å²) in [6.45, 7) is 1.09. The Balaban J connectivity index is 2.67. The van der Waals surface area contributed by atoms with Crippen LogP contribution in [-0.2, 0) is 0 Å². The molecule has 5 N–H and O–H groups in total. The first kappa shape index (κ1) is 12.6. The van der Waals surface area contributed by atoms with E-state index in [1.807, 2.05) is 18.2 Å². The summed E-state index contributed by atoms with van der Waals surface area (Å²) < 4.78 is 10.3. The standard InChI is InChI=1S/C11H19N3O2/c1-15-10-4-3-9(5-11(10)16-2)14-7-8(13)6-12/h3-5,8,14H,6-7,12-13H2,1-2H3. The van der Waals surface area contributed by atoms with Crippen LogP contribution >= 0.6 is 0 Å². The Labute approximate surface area is 95.7 Å². The lowest BCUT2D eigenvalue weighted by Crippen LogP contribution is -2.36. The maximum atomic E-state index is 5.70. The molecule has 0 heterocycles. The van der Waals surface area contributed by atoms with Gasteiger partial charge in [0.1, 0.15) is 0 Å². The summed E-state index contributed by atoms with van der Waals surface area (Å²) in [6.07, 6.45) is 0. The van der Waals surface area contributed by atoms with Crippen LogP contribution in [0.2, 0.25) is 0 Å². The van der Waals surface area contributed by atoms with Crippen LogP contribution in [0.25, 0.3) is 0 Å². The lowest BCUT2D eigenvalue weighted by atomic mass is 10.2. The van der Waals surface area contributed by atoms with Crippen molar-refractivity contribution in [2.45, 2.75) is 6.04 Å². The molecule has 0 aromatic heterocycles. The van der Waals surface area contributed by atoms with Crippen LogP contribution in [0, 0.1) is 0 Å². The molecule has 0 amide bonds. The van der Waals surface area contributed by atoms with Crippen molar-refractivity contribution in [3.63, 3.8) is 0 Å². The molecule has 16 heavy (non-hydrogen) atoms. The molecule has 90 valence electrons. The van der Waals surface area contributed by atoms with Crippen LogP contribution in [0.15, 0.2) is 18.2 Å². The van der Waals surface area contributed by atoms with E-state index in [0.717, 1.165) is 5.69 Å². The van der Waals surface area contributed by atoms with E-state index >= 15 is 0 Å². The van der Waals surface area contributed by atoms with E-state index < -0.39 is 0 Å². The largest absolute Gasteiger partial charge is 0.493 e. The highest BCUT2D eigenvalue weighted by molar-refractivity contribution is 5.54. The second-order valence-electron chi connectivity index (χ2n) is 3.45. The van der Waals surface area contributed by atoms with E-state index in [2.05, 4.69) is 5.32 Å². The zero-order chi connectivity index (χ0) is 12.0. The van der Waals surface area contributed by atoms with E-state index in [4.69, 9.17) is 20.9 Å². The second-order valence-corrected chi connectivity index (χ2v) is 3.45. The molecule has 5 heteroatoms. The van der Waals surface area contributed by atoms with Crippen molar-refractivity contribution in [1.29, 1.82) is 0 Å². The zero-order valence-electron chi connectivity index (χ0n) is 9.69. The van der Waals surface area contributed by atoms with Crippen molar-refractivity contribution >= 4 is 5.69 Å². The van der Waals surface area contributed by atoms with Crippen LogP contribution < -0.4 is 26.3 Å². The van der Waals surface area contributed by atoms with Gasteiger partial charge in [-0.25, -0.2) is 0 Å². The normalized spacial score (nSPS) is 12.0. The predicted octanol–water partition coefficient (Wildman–Crippen LogP) is 0.402. The first-order valence-corrected chi connectivity index (χ1v) is 5.12. The number of nitrogens with two attached hydrogens (primary N) is 2. The molecule has 1 aromatic rings. The Kier molecular flexibility index (Phi) is 4.88. The van der Waals surface area contributed by atoms with Gasteiger partial charge in [0, 0.05) is 30.9 Å². The summed E-state index contributed by atoms with van der Waals surface area (Å²) in [7, 11) is 3.21. The fourth-order valence-corrected chi connectivity index (χ4v) is 1.28. The number of hydrogen-bond acceptors (Lipinski definition) is 5. The van der Waals surface area contributed by atoms with Gasteiger partial charge in [-0.2, -0.15) is 0 Å². The van der Waals surface area contributed by atoms with Gasteiger partial charge in [-0.15, -0.1) is 0 Å². The van der Waals surface area contributed by atoms with E-state index in [-0.39, 0.29) is 6.04 Å². The number of methoxy groups -OCH3 is 2. The summed E-state index contributed by atoms with van der Waals surface area (Å²) in [5.74, 6) is 1.39. The Morgan fingerprint density at radius 3 is 2.50 bits per heavy atom. The van der Waals surface area contributed by atoms with Gasteiger partial charge in [0.05, 0.1) is 14.2 Å². The SMILES string of the molecule is COc1ccc(NCC(N)CN)cc1OC. The number of ether oxygens (including phenoxy) is 2. The topological polar surface area (TPSA) is 82.5 Å². The minimum atomic E-state index is -0.0481. The van der Waals surface area contributed by atoms with Gasteiger partial charge in [0.2, 0.25) is 0 Å². The summed E-state index contributed by atoms with van der Waals surface area (Å²) in [5.41, 5.74) is 12.1. The Morgan fingerprint density at radius 1 is 1.25 bits per heavy atom. The molecule has 0 radical (unpaired) electrons. The van der Waals surface area contributed by atoms with Crippen molar-refractivity contribution in [2.24, 2.45) is 11.5 Å². The molecule has 0 saturated carbocycles. The molecule has 0 aliphatic carbocycles. The molecule has 0 aliphatic heterocycles. The molecular weight excluding hydrogens is 206 g/mol. The van der Waals surface area contributed by atoms with Crippen LogP contribution in [-0.4, -0.2) is 33.4 Å². The number of nitrogens with one attached hydrogen (secondary N) is 1. The molecule has 1 atom stereocenters. The van der Waals surface area contributed by atoms with Gasteiger partial charge in [-0.1, -0.05) is 0 Å². The third-order valence-corrected chi connectivity index (χ3v) is 2.25. The summed E-state index contributed by atoms with van der Waals surface area (Å²) in [6, 6.07) is 5.56. The van der Waals surface area contributed by atoms with Crippen molar-refractivity contribution in [2.75, 3.05) is 32.6 Å². The van der Waals surface area contributed by atoms with Crippen LogP contribution in [0.3, 0.4) is 0 Å². The second kappa shape index (κ2) is 6.19. The molecule has 0 aliphatic rings. The highest BCUT2D eigenvalue weighted by Crippen LogP contribution is 2.29. The van der Waals surface area contributed by atoms with Crippen LogP contribution in [0.1, 0.15) is 0 Å². The van der Waals surface area contributed by atoms with Gasteiger partial charge < -0.3 is 26.3 Å². The minimum absolute atomic E-state index is 0.0481. The van der Waals surface area contributed by atoms with Gasteiger partial charge >= 0.3 is 0 Å². The monoisotopic (exact) mass is 225 g/mol.